The van der Waals surface area contributed by atoms with Gasteiger partial charge in [0.2, 0.25) is 0 Å². The molecule has 2 N–H and O–H groups in total. The standard InChI is InChI=1S/C13H11BrN2O2/c14-10-3-5-12(6-4-10)18-9-13(17)16-11-2-1-7-15-8-11/h1-8H,9H2,(H,16,17)/p+1. The van der Waals surface area contributed by atoms with Gasteiger partial charge >= 0.3 is 0 Å². The number of hydrogen-bond donors (Lipinski definition) is 1. The van der Waals surface area contributed by atoms with Gasteiger partial charge in [0.25, 0.3) is 5.91 Å². The Kier molecular flexibility index (Phi) is 4.30. The van der Waals surface area contributed by atoms with Gasteiger partial charge in [0.05, 0.1) is 0 Å². The molecule has 0 unspecified atom stereocenters. The van der Waals surface area contributed by atoms with Crippen LogP contribution in [0.2, 0.25) is 0 Å². The third-order valence-electron chi connectivity index (χ3n) is 2.17. The summed E-state index contributed by atoms with van der Waals surface area (Å²) in [5, 5.41) is 2.72. The van der Waals surface area contributed by atoms with Gasteiger partial charge in [-0.25, -0.2) is 4.98 Å². The quantitative estimate of drug-likeness (QED) is 0.942. The van der Waals surface area contributed by atoms with Crippen molar-refractivity contribution in [3.05, 3.63) is 53.3 Å². The molecular weight excluding hydrogens is 296 g/mol. The first kappa shape index (κ1) is 12.6. The van der Waals surface area contributed by atoms with Gasteiger partial charge in [-0.2, -0.15) is 0 Å². The fraction of sp³-hybridized carbons (Fsp3) is 0.0769. The number of hydrogen-bond acceptors (Lipinski definition) is 2. The summed E-state index contributed by atoms with van der Waals surface area (Å²) < 4.78 is 6.32. The minimum absolute atomic E-state index is 0.0173. The third kappa shape index (κ3) is 3.85. The summed E-state index contributed by atoms with van der Waals surface area (Å²) in [5.41, 5.74) is 0.710. The number of carbonyl (C=O) groups excluding carboxylic acids is 1. The van der Waals surface area contributed by atoms with Crippen LogP contribution < -0.4 is 15.0 Å². The zero-order chi connectivity index (χ0) is 12.8. The van der Waals surface area contributed by atoms with Crippen LogP contribution in [0.5, 0.6) is 5.75 Å². The molecule has 1 aromatic carbocycles. The van der Waals surface area contributed by atoms with Gasteiger partial charge in [0, 0.05) is 10.5 Å². The smallest absolute Gasteiger partial charge is 0.262 e. The summed E-state index contributed by atoms with van der Waals surface area (Å²) in [6, 6.07) is 10.9. The van der Waals surface area contributed by atoms with Crippen LogP contribution in [-0.2, 0) is 4.79 Å². The van der Waals surface area contributed by atoms with Crippen molar-refractivity contribution >= 4 is 27.5 Å². The molecule has 18 heavy (non-hydrogen) atoms. The molecule has 4 nitrogen and oxygen atoms in total. The summed E-state index contributed by atoms with van der Waals surface area (Å²) in [6.45, 7) is -0.0173. The summed E-state index contributed by atoms with van der Waals surface area (Å²) >= 11 is 3.33. The van der Waals surface area contributed by atoms with Crippen molar-refractivity contribution in [2.24, 2.45) is 0 Å². The Morgan fingerprint density at radius 3 is 2.72 bits per heavy atom. The predicted octanol–water partition coefficient (Wildman–Crippen LogP) is 2.28. The first-order chi connectivity index (χ1) is 8.74. The summed E-state index contributed by atoms with van der Waals surface area (Å²) in [6.07, 6.45) is 3.48. The van der Waals surface area contributed by atoms with Crippen LogP contribution >= 0.6 is 15.9 Å². The van der Waals surface area contributed by atoms with E-state index in [0.29, 0.717) is 11.4 Å². The number of H-pyrrole nitrogens is 1. The van der Waals surface area contributed by atoms with E-state index in [4.69, 9.17) is 4.74 Å². The van der Waals surface area contributed by atoms with Gasteiger partial charge in [-0.15, -0.1) is 0 Å². The Bertz CT molecular complexity index is 514. The van der Waals surface area contributed by atoms with Crippen molar-refractivity contribution in [3.8, 4) is 5.75 Å². The normalized spacial score (nSPS) is 9.83. The fourth-order valence-electron chi connectivity index (χ4n) is 1.35. The monoisotopic (exact) mass is 307 g/mol. The molecule has 2 rings (SSSR count). The van der Waals surface area contributed by atoms with Crippen LogP contribution in [0.1, 0.15) is 0 Å². The molecule has 0 saturated heterocycles. The van der Waals surface area contributed by atoms with E-state index in [0.717, 1.165) is 4.47 Å². The van der Waals surface area contributed by atoms with E-state index in [1.807, 2.05) is 18.2 Å². The Morgan fingerprint density at radius 2 is 2.06 bits per heavy atom. The molecule has 92 valence electrons. The number of carbonyl (C=O) groups is 1. The second-order valence-electron chi connectivity index (χ2n) is 3.58. The lowest BCUT2D eigenvalue weighted by Crippen LogP contribution is -2.20. The number of rotatable bonds is 4. The Labute approximate surface area is 113 Å². The largest absolute Gasteiger partial charge is 0.484 e. The van der Waals surface area contributed by atoms with Gasteiger partial charge in [0.15, 0.2) is 19.0 Å². The SMILES string of the molecule is O=C(COc1ccc(Br)cc1)Nc1ccc[nH+]c1. The number of pyridine rings is 1. The van der Waals surface area contributed by atoms with E-state index < -0.39 is 0 Å². The Morgan fingerprint density at radius 1 is 1.28 bits per heavy atom. The molecule has 0 spiro atoms. The van der Waals surface area contributed by atoms with E-state index in [-0.39, 0.29) is 12.5 Å². The van der Waals surface area contributed by atoms with Gasteiger partial charge in [-0.3, -0.25) is 4.79 Å². The highest BCUT2D eigenvalue weighted by atomic mass is 79.9. The minimum Gasteiger partial charge on any atom is -0.484 e. The molecule has 5 heteroatoms. The van der Waals surface area contributed by atoms with Gasteiger partial charge < -0.3 is 10.1 Å². The molecule has 0 aliphatic carbocycles. The average molecular weight is 308 g/mol. The first-order valence-corrected chi connectivity index (χ1v) is 6.18. The number of amides is 1. The van der Waals surface area contributed by atoms with Crippen LogP contribution in [0.15, 0.2) is 53.3 Å². The highest BCUT2D eigenvalue weighted by molar-refractivity contribution is 9.10. The fourth-order valence-corrected chi connectivity index (χ4v) is 1.61. The number of nitrogens with one attached hydrogen (secondary N) is 2. The van der Waals surface area contributed by atoms with Gasteiger partial charge in [-0.1, -0.05) is 15.9 Å². The maximum atomic E-state index is 11.6. The zero-order valence-electron chi connectivity index (χ0n) is 9.52. The highest BCUT2D eigenvalue weighted by Crippen LogP contribution is 2.15. The molecule has 0 radical (unpaired) electrons. The number of aromatic amines is 1. The molecule has 2 aromatic rings. The van der Waals surface area contributed by atoms with Crippen molar-refractivity contribution in [1.29, 1.82) is 0 Å². The third-order valence-corrected chi connectivity index (χ3v) is 2.70. The maximum absolute atomic E-state index is 11.6. The van der Waals surface area contributed by atoms with Gasteiger partial charge in [-0.05, 0) is 30.3 Å². The topological polar surface area (TPSA) is 52.5 Å². The maximum Gasteiger partial charge on any atom is 0.262 e. The number of benzene rings is 1. The average Bonchev–Trinajstić information content (AvgIpc) is 2.39. The van der Waals surface area contributed by atoms with Crippen LogP contribution in [0, 0.1) is 0 Å². The molecule has 1 aromatic heterocycles. The van der Waals surface area contributed by atoms with E-state index >= 15 is 0 Å². The molecule has 0 saturated carbocycles. The van der Waals surface area contributed by atoms with Crippen LogP contribution in [0.3, 0.4) is 0 Å². The summed E-state index contributed by atoms with van der Waals surface area (Å²) in [4.78, 5) is 14.5. The zero-order valence-corrected chi connectivity index (χ0v) is 11.1. The molecular formula is C13H12BrN2O2+. The van der Waals surface area contributed by atoms with E-state index in [2.05, 4.69) is 26.2 Å². The number of halogens is 1. The van der Waals surface area contributed by atoms with Crippen molar-refractivity contribution in [2.45, 2.75) is 0 Å². The van der Waals surface area contributed by atoms with Crippen LogP contribution in [0.25, 0.3) is 0 Å². The van der Waals surface area contributed by atoms with Crippen molar-refractivity contribution in [2.75, 3.05) is 11.9 Å². The van der Waals surface area contributed by atoms with Crippen LogP contribution in [-0.4, -0.2) is 12.5 Å². The Balaban J connectivity index is 1.83. The molecule has 0 fully saturated rings. The van der Waals surface area contributed by atoms with Crippen molar-refractivity contribution < 1.29 is 14.5 Å². The second-order valence-corrected chi connectivity index (χ2v) is 4.50. The molecule has 0 atom stereocenters. The van der Waals surface area contributed by atoms with Crippen molar-refractivity contribution in [1.82, 2.24) is 0 Å². The number of anilines is 1. The lowest BCUT2D eigenvalue weighted by molar-refractivity contribution is -0.377. The molecule has 1 heterocycles. The van der Waals surface area contributed by atoms with Crippen LogP contribution in [0.4, 0.5) is 5.69 Å². The minimum atomic E-state index is -0.197. The Hall–Kier alpha value is -1.88. The van der Waals surface area contributed by atoms with E-state index in [9.17, 15) is 4.79 Å². The number of aromatic nitrogens is 1. The number of ether oxygens (including phenoxy) is 1. The molecule has 0 bridgehead atoms. The van der Waals surface area contributed by atoms with E-state index in [1.54, 1.807) is 30.6 Å². The van der Waals surface area contributed by atoms with E-state index in [1.165, 1.54) is 0 Å². The molecule has 0 aliphatic heterocycles. The predicted molar refractivity (Wildman–Crippen MR) is 71.3 cm³/mol. The first-order valence-electron chi connectivity index (χ1n) is 5.38. The van der Waals surface area contributed by atoms with Crippen molar-refractivity contribution in [3.63, 3.8) is 0 Å². The summed E-state index contributed by atoms with van der Waals surface area (Å²) in [7, 11) is 0. The lowest BCUT2D eigenvalue weighted by atomic mass is 10.3. The highest BCUT2D eigenvalue weighted by Gasteiger charge is 2.04. The second kappa shape index (κ2) is 6.16. The lowest BCUT2D eigenvalue weighted by Gasteiger charge is -2.06. The molecule has 0 aliphatic rings. The van der Waals surface area contributed by atoms with Gasteiger partial charge in [0.1, 0.15) is 11.4 Å². The summed E-state index contributed by atoms with van der Waals surface area (Å²) in [5.74, 6) is 0.463. The molecule has 1 amide bonds.